The molecule has 1 aliphatic heterocycles. The Morgan fingerprint density at radius 3 is 2.64 bits per heavy atom. The molecule has 0 spiro atoms. The number of halogens is 1. The van der Waals surface area contributed by atoms with E-state index in [9.17, 15) is 4.79 Å². The van der Waals surface area contributed by atoms with Gasteiger partial charge in [0.15, 0.2) is 0 Å². The van der Waals surface area contributed by atoms with Gasteiger partial charge in [-0.2, -0.15) is 0 Å². The van der Waals surface area contributed by atoms with Crippen LogP contribution in [0.5, 0.6) is 0 Å². The molecule has 4 heteroatoms. The van der Waals surface area contributed by atoms with Crippen LogP contribution in [0.4, 0.5) is 0 Å². The lowest BCUT2D eigenvalue weighted by molar-refractivity contribution is -0.128. The SMILES string of the molecule is CCCC(=O)C1(c2cc(COC)cc(Br)c2C)CCOCC1. The highest BCUT2D eigenvalue weighted by atomic mass is 79.9. The van der Waals surface area contributed by atoms with Crippen LogP contribution in [-0.2, 0) is 26.3 Å². The van der Waals surface area contributed by atoms with Gasteiger partial charge in [-0.25, -0.2) is 0 Å². The highest BCUT2D eigenvalue weighted by Gasteiger charge is 2.42. The van der Waals surface area contributed by atoms with Crippen LogP contribution in [0.1, 0.15) is 49.3 Å². The summed E-state index contributed by atoms with van der Waals surface area (Å²) >= 11 is 3.65. The number of ether oxygens (including phenoxy) is 2. The Bertz CT molecular complexity index is 533. The molecule has 0 radical (unpaired) electrons. The number of carbonyl (C=O) groups excluding carboxylic acids is 1. The minimum atomic E-state index is -0.398. The standard InChI is InChI=1S/C18H25BrO3/c1-4-5-17(20)18(6-8-22-9-7-18)15-10-14(12-21-3)11-16(19)13(15)2/h10-11H,4-9,12H2,1-3H3. The maximum absolute atomic E-state index is 13.0. The van der Waals surface area contributed by atoms with E-state index < -0.39 is 5.41 Å². The fourth-order valence-electron chi connectivity index (χ4n) is 3.37. The number of hydrogen-bond donors (Lipinski definition) is 0. The average Bonchev–Trinajstić information content (AvgIpc) is 2.52. The zero-order chi connectivity index (χ0) is 16.2. The van der Waals surface area contributed by atoms with Crippen molar-refractivity contribution in [3.05, 3.63) is 33.3 Å². The van der Waals surface area contributed by atoms with Crippen LogP contribution in [-0.4, -0.2) is 26.1 Å². The second kappa shape index (κ2) is 7.71. The van der Waals surface area contributed by atoms with Gasteiger partial charge in [-0.1, -0.05) is 28.9 Å². The molecule has 0 aliphatic carbocycles. The number of ketones is 1. The smallest absolute Gasteiger partial charge is 0.143 e. The van der Waals surface area contributed by atoms with Crippen molar-refractivity contribution in [3.63, 3.8) is 0 Å². The van der Waals surface area contributed by atoms with E-state index in [-0.39, 0.29) is 0 Å². The number of Topliss-reactive ketones (excluding diaryl/α,β-unsaturated/α-hetero) is 1. The summed E-state index contributed by atoms with van der Waals surface area (Å²) in [5, 5.41) is 0. The molecule has 0 N–H and O–H groups in total. The van der Waals surface area contributed by atoms with Crippen LogP contribution in [0.3, 0.4) is 0 Å². The summed E-state index contributed by atoms with van der Waals surface area (Å²) in [7, 11) is 1.69. The number of methoxy groups -OCH3 is 1. The van der Waals surface area contributed by atoms with Gasteiger partial charge in [-0.05, 0) is 48.9 Å². The summed E-state index contributed by atoms with van der Waals surface area (Å²) in [5.74, 6) is 0.350. The summed E-state index contributed by atoms with van der Waals surface area (Å²) in [4.78, 5) is 13.0. The average molecular weight is 369 g/mol. The van der Waals surface area contributed by atoms with Crippen molar-refractivity contribution in [2.24, 2.45) is 0 Å². The van der Waals surface area contributed by atoms with Gasteiger partial charge in [-0.15, -0.1) is 0 Å². The van der Waals surface area contributed by atoms with Crippen LogP contribution in [0, 0.1) is 6.92 Å². The Hall–Kier alpha value is -0.710. The molecule has 2 rings (SSSR count). The molecule has 1 aliphatic rings. The second-order valence-electron chi connectivity index (χ2n) is 6.05. The Balaban J connectivity index is 2.53. The van der Waals surface area contributed by atoms with Gasteiger partial charge in [0.05, 0.1) is 12.0 Å². The predicted molar refractivity (Wildman–Crippen MR) is 91.2 cm³/mol. The first-order chi connectivity index (χ1) is 10.5. The molecule has 1 fully saturated rings. The lowest BCUT2D eigenvalue weighted by Gasteiger charge is -2.38. The van der Waals surface area contributed by atoms with Gasteiger partial charge in [0.2, 0.25) is 0 Å². The molecule has 0 atom stereocenters. The molecular weight excluding hydrogens is 344 g/mol. The summed E-state index contributed by atoms with van der Waals surface area (Å²) in [5.41, 5.74) is 3.01. The molecule has 3 nitrogen and oxygen atoms in total. The van der Waals surface area contributed by atoms with Crippen LogP contribution < -0.4 is 0 Å². The first-order valence-electron chi connectivity index (χ1n) is 7.94. The lowest BCUT2D eigenvalue weighted by atomic mass is 9.68. The normalized spacial score (nSPS) is 17.5. The van der Waals surface area contributed by atoms with Crippen molar-refractivity contribution in [2.45, 2.75) is 51.6 Å². The van der Waals surface area contributed by atoms with Crippen molar-refractivity contribution < 1.29 is 14.3 Å². The predicted octanol–water partition coefficient (Wildman–Crippen LogP) is 4.32. The molecule has 1 saturated heterocycles. The summed E-state index contributed by atoms with van der Waals surface area (Å²) in [6.45, 7) is 6.02. The molecule has 0 saturated carbocycles. The van der Waals surface area contributed by atoms with Gasteiger partial charge in [0.25, 0.3) is 0 Å². The maximum atomic E-state index is 13.0. The second-order valence-corrected chi connectivity index (χ2v) is 6.91. The highest BCUT2D eigenvalue weighted by Crippen LogP contribution is 2.41. The van der Waals surface area contributed by atoms with Crippen molar-refractivity contribution >= 4 is 21.7 Å². The first-order valence-corrected chi connectivity index (χ1v) is 8.74. The minimum Gasteiger partial charge on any atom is -0.381 e. The Morgan fingerprint density at radius 2 is 2.05 bits per heavy atom. The number of benzene rings is 1. The molecule has 0 unspecified atom stereocenters. The third kappa shape index (κ3) is 3.44. The van der Waals surface area contributed by atoms with Gasteiger partial charge >= 0.3 is 0 Å². The fourth-order valence-corrected chi connectivity index (χ4v) is 3.87. The summed E-state index contributed by atoms with van der Waals surface area (Å²) < 4.78 is 11.9. The van der Waals surface area contributed by atoms with Crippen molar-refractivity contribution in [3.8, 4) is 0 Å². The molecule has 1 heterocycles. The van der Waals surface area contributed by atoms with E-state index in [4.69, 9.17) is 9.47 Å². The van der Waals surface area contributed by atoms with Crippen molar-refractivity contribution in [1.29, 1.82) is 0 Å². The molecular formula is C18H25BrO3. The molecule has 122 valence electrons. The fraction of sp³-hybridized carbons (Fsp3) is 0.611. The van der Waals surface area contributed by atoms with E-state index in [2.05, 4.69) is 41.9 Å². The summed E-state index contributed by atoms with van der Waals surface area (Å²) in [6.07, 6.45) is 3.07. The Labute approximate surface area is 141 Å². The third-order valence-electron chi connectivity index (χ3n) is 4.59. The van der Waals surface area contributed by atoms with E-state index in [1.54, 1.807) is 7.11 Å². The maximum Gasteiger partial charge on any atom is 0.143 e. The van der Waals surface area contributed by atoms with E-state index in [1.807, 2.05) is 0 Å². The zero-order valence-electron chi connectivity index (χ0n) is 13.7. The van der Waals surface area contributed by atoms with Crippen LogP contribution in [0.25, 0.3) is 0 Å². The van der Waals surface area contributed by atoms with Gasteiger partial charge in [0.1, 0.15) is 5.78 Å². The molecule has 0 bridgehead atoms. The third-order valence-corrected chi connectivity index (χ3v) is 5.41. The van der Waals surface area contributed by atoms with E-state index in [1.165, 1.54) is 0 Å². The van der Waals surface area contributed by atoms with Crippen LogP contribution in [0.15, 0.2) is 16.6 Å². The topological polar surface area (TPSA) is 35.5 Å². The molecule has 1 aromatic rings. The number of hydrogen-bond acceptors (Lipinski definition) is 3. The highest BCUT2D eigenvalue weighted by molar-refractivity contribution is 9.10. The van der Waals surface area contributed by atoms with Crippen molar-refractivity contribution in [1.82, 2.24) is 0 Å². The minimum absolute atomic E-state index is 0.350. The van der Waals surface area contributed by atoms with Gasteiger partial charge in [0, 0.05) is 31.2 Å². The quantitative estimate of drug-likeness (QED) is 0.749. The van der Waals surface area contributed by atoms with Crippen LogP contribution >= 0.6 is 15.9 Å². The summed E-state index contributed by atoms with van der Waals surface area (Å²) in [6, 6.07) is 4.24. The van der Waals surface area contributed by atoms with Gasteiger partial charge in [-0.3, -0.25) is 4.79 Å². The van der Waals surface area contributed by atoms with Gasteiger partial charge < -0.3 is 9.47 Å². The zero-order valence-corrected chi connectivity index (χ0v) is 15.3. The largest absolute Gasteiger partial charge is 0.381 e. The van der Waals surface area contributed by atoms with Crippen molar-refractivity contribution in [2.75, 3.05) is 20.3 Å². The lowest BCUT2D eigenvalue weighted by Crippen LogP contribution is -2.42. The number of carbonyl (C=O) groups is 1. The monoisotopic (exact) mass is 368 g/mol. The van der Waals surface area contributed by atoms with E-state index in [0.717, 1.165) is 40.4 Å². The van der Waals surface area contributed by atoms with E-state index >= 15 is 0 Å². The first kappa shape index (κ1) is 17.6. The van der Waals surface area contributed by atoms with Crippen LogP contribution in [0.2, 0.25) is 0 Å². The Kier molecular flexibility index (Phi) is 6.18. The molecule has 1 aromatic carbocycles. The Morgan fingerprint density at radius 1 is 1.36 bits per heavy atom. The molecule has 0 amide bonds. The molecule has 22 heavy (non-hydrogen) atoms. The number of rotatable bonds is 6. The van der Waals surface area contributed by atoms with E-state index in [0.29, 0.717) is 32.0 Å². The molecule has 0 aromatic heterocycles.